The predicted octanol–water partition coefficient (Wildman–Crippen LogP) is 3.52. The number of carbonyl (C=O) groups excluding carboxylic acids is 4. The molecule has 10 heteroatoms. The van der Waals surface area contributed by atoms with Crippen LogP contribution in [0.25, 0.3) is 0 Å². The fraction of sp³-hybridized carbons (Fsp3) is 0.407. The molecule has 194 valence electrons. The van der Waals surface area contributed by atoms with Gasteiger partial charge in [-0.05, 0) is 67.5 Å². The van der Waals surface area contributed by atoms with E-state index in [0.717, 1.165) is 28.9 Å². The van der Waals surface area contributed by atoms with Gasteiger partial charge in [-0.3, -0.25) is 9.59 Å². The summed E-state index contributed by atoms with van der Waals surface area (Å²) in [4.78, 5) is 54.1. The number of hydrogen-bond donors (Lipinski definition) is 2. The van der Waals surface area contributed by atoms with Crippen LogP contribution in [-0.2, 0) is 32.9 Å². The number of ether oxygens (including phenoxy) is 1. The van der Waals surface area contributed by atoms with Gasteiger partial charge in [0.1, 0.15) is 12.4 Å². The third kappa shape index (κ3) is 4.63. The summed E-state index contributed by atoms with van der Waals surface area (Å²) in [7, 11) is 1.51. The lowest BCUT2D eigenvalue weighted by Crippen LogP contribution is -2.47. The molecule has 37 heavy (non-hydrogen) atoms. The van der Waals surface area contributed by atoms with Gasteiger partial charge in [-0.1, -0.05) is 18.2 Å². The van der Waals surface area contributed by atoms with Crippen LogP contribution in [0.2, 0.25) is 0 Å². The highest BCUT2D eigenvalue weighted by molar-refractivity contribution is 6.06. The van der Waals surface area contributed by atoms with Gasteiger partial charge < -0.3 is 20.3 Å². The lowest BCUT2D eigenvalue weighted by molar-refractivity contribution is -0.143. The summed E-state index contributed by atoms with van der Waals surface area (Å²) in [5, 5.41) is 5.17. The van der Waals surface area contributed by atoms with Crippen LogP contribution in [0.5, 0.6) is 0 Å². The van der Waals surface area contributed by atoms with Crippen LogP contribution in [-0.4, -0.2) is 53.4 Å². The van der Waals surface area contributed by atoms with E-state index < -0.39 is 24.1 Å². The van der Waals surface area contributed by atoms with Crippen LogP contribution in [0, 0.1) is 11.7 Å². The largest absolute Gasteiger partial charge is 0.427 e. The number of halogens is 1. The number of aryl methyl sites for hydroxylation is 1. The zero-order chi connectivity index (χ0) is 26.3. The van der Waals surface area contributed by atoms with E-state index in [9.17, 15) is 23.6 Å². The quantitative estimate of drug-likeness (QED) is 0.595. The fourth-order valence-electron chi connectivity index (χ4n) is 5.23. The topological polar surface area (TPSA) is 108 Å². The third-order valence-electron chi connectivity index (χ3n) is 7.52. The summed E-state index contributed by atoms with van der Waals surface area (Å²) in [5.74, 6) is -0.927. The Morgan fingerprint density at radius 3 is 2.59 bits per heavy atom. The van der Waals surface area contributed by atoms with Gasteiger partial charge in [0.05, 0.1) is 0 Å². The Kier molecular flexibility index (Phi) is 6.35. The normalized spacial score (nSPS) is 21.0. The Morgan fingerprint density at radius 1 is 1.19 bits per heavy atom. The molecule has 1 spiro atoms. The Bertz CT molecular complexity index is 1260. The van der Waals surface area contributed by atoms with E-state index in [0.29, 0.717) is 23.6 Å². The van der Waals surface area contributed by atoms with Crippen molar-refractivity contribution in [2.75, 3.05) is 18.9 Å². The van der Waals surface area contributed by atoms with Gasteiger partial charge in [-0.25, -0.2) is 18.9 Å². The molecule has 2 aromatic rings. The fourth-order valence-corrected chi connectivity index (χ4v) is 5.23. The first-order chi connectivity index (χ1) is 17.7. The maximum absolute atomic E-state index is 13.6. The van der Waals surface area contributed by atoms with Crippen molar-refractivity contribution in [2.45, 2.75) is 50.8 Å². The number of hydrogen-bond acceptors (Lipinski definition) is 5. The molecule has 0 bridgehead atoms. The number of benzene rings is 2. The molecule has 5 amide bonds. The monoisotopic (exact) mass is 508 g/mol. The van der Waals surface area contributed by atoms with Crippen molar-refractivity contribution in [3.63, 3.8) is 0 Å². The number of amides is 5. The zero-order valence-corrected chi connectivity index (χ0v) is 20.8. The van der Waals surface area contributed by atoms with Crippen molar-refractivity contribution in [3.05, 3.63) is 65.0 Å². The van der Waals surface area contributed by atoms with Crippen LogP contribution >= 0.6 is 0 Å². The first-order valence-corrected chi connectivity index (χ1v) is 12.4. The third-order valence-corrected chi connectivity index (χ3v) is 7.52. The lowest BCUT2D eigenvalue weighted by atomic mass is 9.94. The maximum atomic E-state index is 13.6. The van der Waals surface area contributed by atoms with E-state index in [-0.39, 0.29) is 36.8 Å². The van der Waals surface area contributed by atoms with Crippen molar-refractivity contribution in [1.82, 2.24) is 15.1 Å². The molecule has 2 atom stereocenters. The molecular weight excluding hydrogens is 479 g/mol. The van der Waals surface area contributed by atoms with E-state index in [1.165, 1.54) is 19.2 Å². The molecule has 2 aromatic carbocycles. The molecule has 2 aliphatic carbocycles. The van der Waals surface area contributed by atoms with Crippen LogP contribution < -0.4 is 10.6 Å². The molecule has 3 aliphatic rings. The van der Waals surface area contributed by atoms with Gasteiger partial charge in [0.15, 0.2) is 0 Å². The number of fused-ring (bicyclic) bond motifs is 2. The van der Waals surface area contributed by atoms with Gasteiger partial charge in [0.25, 0.3) is 5.91 Å². The molecule has 0 unspecified atom stereocenters. The minimum absolute atomic E-state index is 0.0845. The molecule has 0 radical (unpaired) electrons. The second kappa shape index (κ2) is 9.49. The minimum atomic E-state index is -1.47. The van der Waals surface area contributed by atoms with Crippen molar-refractivity contribution < 1.29 is 28.3 Å². The number of rotatable bonds is 7. The van der Waals surface area contributed by atoms with Crippen LogP contribution in [0.1, 0.15) is 42.9 Å². The van der Waals surface area contributed by atoms with Gasteiger partial charge in [0, 0.05) is 37.3 Å². The molecule has 2 fully saturated rings. The second-order valence-electron chi connectivity index (χ2n) is 9.89. The number of nitrogens with one attached hydrogen (secondary N) is 2. The highest BCUT2D eigenvalue weighted by Crippen LogP contribution is 2.46. The second-order valence-corrected chi connectivity index (χ2v) is 9.89. The molecule has 5 rings (SSSR count). The van der Waals surface area contributed by atoms with E-state index >= 15 is 0 Å². The van der Waals surface area contributed by atoms with E-state index in [1.807, 2.05) is 6.92 Å². The Morgan fingerprint density at radius 2 is 1.92 bits per heavy atom. The van der Waals surface area contributed by atoms with Gasteiger partial charge in [0.2, 0.25) is 11.5 Å². The Labute approximate surface area is 213 Å². The van der Waals surface area contributed by atoms with Crippen LogP contribution in [0.15, 0.2) is 42.5 Å². The molecular formula is C27H29FN4O5. The minimum Gasteiger partial charge on any atom is -0.427 e. The van der Waals surface area contributed by atoms with Crippen LogP contribution in [0.4, 0.5) is 19.7 Å². The predicted molar refractivity (Wildman–Crippen MR) is 132 cm³/mol. The summed E-state index contributed by atoms with van der Waals surface area (Å²) in [6.07, 6.45) is 1.92. The highest BCUT2D eigenvalue weighted by Gasteiger charge is 2.58. The van der Waals surface area contributed by atoms with Crippen LogP contribution in [0.3, 0.4) is 0 Å². The van der Waals surface area contributed by atoms with Gasteiger partial charge in [-0.15, -0.1) is 0 Å². The standard InChI is InChI=1S/C27H29FN4O5/c1-16(18-5-6-18)31(14-17-3-7-20(28)8-4-17)23(33)15-32-24(34)27(37-26(32)36)12-11-19-13-21(9-10-22(19)27)30-25(35)29-2/h3-4,7-10,13,16,18H,5-6,11-12,14-15H2,1-2H3,(H2,29,30,35)/t16-,27+/m0/s1. The number of carbonyl (C=O) groups is 4. The van der Waals surface area contributed by atoms with Crippen molar-refractivity contribution >= 4 is 29.6 Å². The summed E-state index contributed by atoms with van der Waals surface area (Å²) in [6, 6.07) is 10.6. The molecule has 1 heterocycles. The Balaban J connectivity index is 1.34. The average molecular weight is 509 g/mol. The van der Waals surface area contributed by atoms with Crippen molar-refractivity contribution in [3.8, 4) is 0 Å². The smallest absolute Gasteiger partial charge is 0.418 e. The maximum Gasteiger partial charge on any atom is 0.418 e. The number of urea groups is 1. The molecule has 0 aromatic heterocycles. The molecule has 9 nitrogen and oxygen atoms in total. The van der Waals surface area contributed by atoms with Crippen molar-refractivity contribution in [2.24, 2.45) is 5.92 Å². The van der Waals surface area contributed by atoms with E-state index in [1.54, 1.807) is 35.2 Å². The van der Waals surface area contributed by atoms with E-state index in [4.69, 9.17) is 4.74 Å². The molecule has 2 N–H and O–H groups in total. The molecule has 1 saturated carbocycles. The van der Waals surface area contributed by atoms with E-state index in [2.05, 4.69) is 10.6 Å². The number of imide groups is 1. The Hall–Kier alpha value is -3.95. The number of nitrogens with zero attached hydrogens (tertiary/aromatic N) is 2. The summed E-state index contributed by atoms with van der Waals surface area (Å²) < 4.78 is 19.0. The SMILES string of the molecule is CNC(=O)Nc1ccc2c(c1)CC[C@@]21OC(=O)N(CC(=O)N(Cc2ccc(F)cc2)[C@@H](C)C2CC2)C1=O. The highest BCUT2D eigenvalue weighted by atomic mass is 19.1. The zero-order valence-electron chi connectivity index (χ0n) is 20.8. The lowest BCUT2D eigenvalue weighted by Gasteiger charge is -2.30. The summed E-state index contributed by atoms with van der Waals surface area (Å²) >= 11 is 0. The van der Waals surface area contributed by atoms with Gasteiger partial charge >= 0.3 is 12.1 Å². The molecule has 1 aliphatic heterocycles. The van der Waals surface area contributed by atoms with Crippen molar-refractivity contribution in [1.29, 1.82) is 0 Å². The average Bonchev–Trinajstić information content (AvgIpc) is 3.64. The summed E-state index contributed by atoms with van der Waals surface area (Å²) in [6.45, 7) is 1.79. The molecule has 1 saturated heterocycles. The first kappa shape index (κ1) is 24.7. The number of anilines is 1. The first-order valence-electron chi connectivity index (χ1n) is 12.4. The van der Waals surface area contributed by atoms with Gasteiger partial charge in [-0.2, -0.15) is 0 Å². The summed E-state index contributed by atoms with van der Waals surface area (Å²) in [5.41, 5.74) is 1.22.